The van der Waals surface area contributed by atoms with Crippen LogP contribution in [0.5, 0.6) is 0 Å². The van der Waals surface area contributed by atoms with Gasteiger partial charge in [-0.25, -0.2) is 4.98 Å². The molecule has 0 aromatic carbocycles. The molecule has 2 fully saturated rings. The lowest BCUT2D eigenvalue weighted by molar-refractivity contribution is -0.00546. The molecule has 2 heterocycles. The van der Waals surface area contributed by atoms with Gasteiger partial charge in [0.15, 0.2) is 0 Å². The van der Waals surface area contributed by atoms with Crippen LogP contribution in [0.15, 0.2) is 12.3 Å². The predicted molar refractivity (Wildman–Crippen MR) is 95.1 cm³/mol. The maximum absolute atomic E-state index is 5.99. The average molecular weight is 318 g/mol. The Morgan fingerprint density at radius 1 is 1.17 bits per heavy atom. The van der Waals surface area contributed by atoms with Crippen molar-refractivity contribution in [3.8, 4) is 0 Å². The molecule has 23 heavy (non-hydrogen) atoms. The van der Waals surface area contributed by atoms with E-state index >= 15 is 0 Å². The molecule has 1 saturated carbocycles. The van der Waals surface area contributed by atoms with Crippen molar-refractivity contribution in [3.05, 3.63) is 17.8 Å². The maximum atomic E-state index is 5.99. The van der Waals surface area contributed by atoms with Crippen LogP contribution in [0.2, 0.25) is 0 Å². The highest BCUT2D eigenvalue weighted by Crippen LogP contribution is 2.26. The second-order valence-corrected chi connectivity index (χ2v) is 7.28. The van der Waals surface area contributed by atoms with Gasteiger partial charge in [0.1, 0.15) is 5.82 Å². The quantitative estimate of drug-likeness (QED) is 0.897. The van der Waals surface area contributed by atoms with Crippen LogP contribution in [0, 0.1) is 6.92 Å². The summed E-state index contributed by atoms with van der Waals surface area (Å²) in [7, 11) is 0. The second kappa shape index (κ2) is 7.05. The first-order valence-corrected chi connectivity index (χ1v) is 8.90. The number of rotatable bonds is 3. The van der Waals surface area contributed by atoms with Crippen LogP contribution in [0.4, 0.5) is 11.5 Å². The first kappa shape index (κ1) is 16.5. The summed E-state index contributed by atoms with van der Waals surface area (Å²) in [6.45, 7) is 8.22. The van der Waals surface area contributed by atoms with E-state index in [1.54, 1.807) is 0 Å². The van der Waals surface area contributed by atoms with Crippen molar-refractivity contribution in [2.24, 2.45) is 5.73 Å². The van der Waals surface area contributed by atoms with Gasteiger partial charge in [-0.1, -0.05) is 0 Å². The van der Waals surface area contributed by atoms with Gasteiger partial charge >= 0.3 is 0 Å². The number of nitrogens with two attached hydrogens (primary N) is 1. The zero-order chi connectivity index (χ0) is 16.4. The Morgan fingerprint density at radius 3 is 2.43 bits per heavy atom. The standard InChI is InChI=1S/C18H30N4O/c1-12-8-18(22-10-13(2)23-14(3)11-22)20-9-17(12)21-16-6-4-15(19)5-7-16/h8-9,13-16,21H,4-7,10-11,19H2,1-3H3/t13-,14+,15?,16?. The number of nitrogens with zero attached hydrogens (tertiary/aromatic N) is 2. The van der Waals surface area contributed by atoms with E-state index in [1.165, 1.54) is 5.56 Å². The van der Waals surface area contributed by atoms with Crippen molar-refractivity contribution in [3.63, 3.8) is 0 Å². The SMILES string of the molecule is Cc1cc(N2C[C@@H](C)O[C@@H](C)C2)ncc1NC1CCC(N)CC1. The molecule has 128 valence electrons. The fraction of sp³-hybridized carbons (Fsp3) is 0.722. The van der Waals surface area contributed by atoms with Crippen LogP contribution in [0.1, 0.15) is 45.1 Å². The molecule has 1 aliphatic heterocycles. The zero-order valence-corrected chi connectivity index (χ0v) is 14.6. The molecule has 2 atom stereocenters. The number of aryl methyl sites for hydroxylation is 1. The minimum atomic E-state index is 0.255. The molecule has 1 aliphatic carbocycles. The Balaban J connectivity index is 1.66. The molecule has 2 aliphatic rings. The molecule has 5 heteroatoms. The number of hydrogen-bond donors (Lipinski definition) is 2. The number of pyridine rings is 1. The molecule has 5 nitrogen and oxygen atoms in total. The van der Waals surface area contributed by atoms with E-state index in [0.717, 1.165) is 50.3 Å². The van der Waals surface area contributed by atoms with Gasteiger partial charge < -0.3 is 20.7 Å². The topological polar surface area (TPSA) is 63.4 Å². The van der Waals surface area contributed by atoms with Crippen LogP contribution in [0.3, 0.4) is 0 Å². The van der Waals surface area contributed by atoms with Gasteiger partial charge in [-0.2, -0.15) is 0 Å². The normalized spacial score (nSPS) is 31.9. The molecule has 1 aromatic rings. The van der Waals surface area contributed by atoms with Crippen molar-refractivity contribution in [2.75, 3.05) is 23.3 Å². The van der Waals surface area contributed by atoms with E-state index in [2.05, 4.69) is 37.1 Å². The molecule has 1 saturated heterocycles. The van der Waals surface area contributed by atoms with Gasteiger partial charge in [-0.15, -0.1) is 0 Å². The van der Waals surface area contributed by atoms with E-state index < -0.39 is 0 Å². The van der Waals surface area contributed by atoms with E-state index in [1.807, 2.05) is 6.20 Å². The molecule has 3 N–H and O–H groups in total. The van der Waals surface area contributed by atoms with E-state index in [0.29, 0.717) is 12.1 Å². The van der Waals surface area contributed by atoms with Gasteiger partial charge in [0.2, 0.25) is 0 Å². The number of nitrogens with one attached hydrogen (secondary N) is 1. The number of hydrogen-bond acceptors (Lipinski definition) is 5. The number of morpholine rings is 1. The smallest absolute Gasteiger partial charge is 0.129 e. The highest BCUT2D eigenvalue weighted by Gasteiger charge is 2.24. The summed E-state index contributed by atoms with van der Waals surface area (Å²) < 4.78 is 5.81. The van der Waals surface area contributed by atoms with Crippen LogP contribution in [0.25, 0.3) is 0 Å². The van der Waals surface area contributed by atoms with Crippen LogP contribution < -0.4 is 16.0 Å². The third kappa shape index (κ3) is 4.15. The summed E-state index contributed by atoms with van der Waals surface area (Å²) in [5.74, 6) is 1.06. The molecule has 3 rings (SSSR count). The molecule has 0 radical (unpaired) electrons. The van der Waals surface area contributed by atoms with Crippen molar-refractivity contribution >= 4 is 11.5 Å². The van der Waals surface area contributed by atoms with Crippen LogP contribution in [-0.4, -0.2) is 42.4 Å². The second-order valence-electron chi connectivity index (χ2n) is 7.28. The average Bonchev–Trinajstić information content (AvgIpc) is 2.50. The summed E-state index contributed by atoms with van der Waals surface area (Å²) in [5, 5.41) is 3.66. The molecule has 0 amide bonds. The summed E-state index contributed by atoms with van der Waals surface area (Å²) in [4.78, 5) is 7.02. The monoisotopic (exact) mass is 318 g/mol. The highest BCUT2D eigenvalue weighted by atomic mass is 16.5. The van der Waals surface area contributed by atoms with Gasteiger partial charge in [0, 0.05) is 25.2 Å². The van der Waals surface area contributed by atoms with Crippen molar-refractivity contribution in [2.45, 2.75) is 70.7 Å². The Kier molecular flexibility index (Phi) is 5.07. The maximum Gasteiger partial charge on any atom is 0.129 e. The third-order valence-electron chi connectivity index (χ3n) is 4.97. The highest BCUT2D eigenvalue weighted by molar-refractivity contribution is 5.55. The number of aromatic nitrogens is 1. The van der Waals surface area contributed by atoms with E-state index in [4.69, 9.17) is 15.5 Å². The number of anilines is 2. The molecular weight excluding hydrogens is 288 g/mol. The molecule has 1 aromatic heterocycles. The van der Waals surface area contributed by atoms with Crippen LogP contribution >= 0.6 is 0 Å². The molecule has 0 spiro atoms. The molecule has 0 bridgehead atoms. The zero-order valence-electron chi connectivity index (χ0n) is 14.6. The van der Waals surface area contributed by atoms with Gasteiger partial charge in [-0.3, -0.25) is 0 Å². The minimum absolute atomic E-state index is 0.255. The lowest BCUT2D eigenvalue weighted by atomic mass is 9.91. The molecule has 0 unspecified atom stereocenters. The minimum Gasteiger partial charge on any atom is -0.381 e. The lowest BCUT2D eigenvalue weighted by Gasteiger charge is -2.36. The fourth-order valence-corrected chi connectivity index (χ4v) is 3.71. The lowest BCUT2D eigenvalue weighted by Crippen LogP contribution is -2.45. The fourth-order valence-electron chi connectivity index (χ4n) is 3.71. The van der Waals surface area contributed by atoms with Crippen LogP contribution in [-0.2, 0) is 4.74 Å². The number of ether oxygens (including phenoxy) is 1. The Morgan fingerprint density at radius 2 is 1.83 bits per heavy atom. The Bertz CT molecular complexity index is 518. The molecular formula is C18H30N4O. The van der Waals surface area contributed by atoms with Gasteiger partial charge in [0.05, 0.1) is 24.1 Å². The first-order valence-electron chi connectivity index (χ1n) is 8.90. The van der Waals surface area contributed by atoms with Gasteiger partial charge in [0.25, 0.3) is 0 Å². The Labute approximate surface area is 139 Å². The van der Waals surface area contributed by atoms with E-state index in [9.17, 15) is 0 Å². The first-order chi connectivity index (χ1) is 11.0. The van der Waals surface area contributed by atoms with Crippen molar-refractivity contribution < 1.29 is 4.74 Å². The van der Waals surface area contributed by atoms with Crippen molar-refractivity contribution in [1.82, 2.24) is 4.98 Å². The summed E-state index contributed by atoms with van der Waals surface area (Å²) in [6.07, 6.45) is 7.04. The summed E-state index contributed by atoms with van der Waals surface area (Å²) in [6, 6.07) is 3.12. The van der Waals surface area contributed by atoms with Gasteiger partial charge in [-0.05, 0) is 58.1 Å². The third-order valence-corrected chi connectivity index (χ3v) is 4.97. The summed E-state index contributed by atoms with van der Waals surface area (Å²) in [5.41, 5.74) is 8.41. The Hall–Kier alpha value is -1.33. The predicted octanol–water partition coefficient (Wildman–Crippen LogP) is 2.69. The summed E-state index contributed by atoms with van der Waals surface area (Å²) >= 11 is 0. The van der Waals surface area contributed by atoms with E-state index in [-0.39, 0.29) is 12.2 Å². The largest absolute Gasteiger partial charge is 0.381 e. The van der Waals surface area contributed by atoms with Crippen molar-refractivity contribution in [1.29, 1.82) is 0 Å².